The van der Waals surface area contributed by atoms with Crippen molar-refractivity contribution in [2.24, 2.45) is 10.9 Å². The summed E-state index contributed by atoms with van der Waals surface area (Å²) in [6.45, 7) is 1.17. The van der Waals surface area contributed by atoms with E-state index in [0.29, 0.717) is 6.17 Å². The van der Waals surface area contributed by atoms with Crippen molar-refractivity contribution in [2.75, 3.05) is 6.54 Å². The molecule has 1 fully saturated rings. The van der Waals surface area contributed by atoms with E-state index in [1.54, 1.807) is 0 Å². The number of nitrogens with one attached hydrogen (secondary N) is 1. The zero-order valence-corrected chi connectivity index (χ0v) is 5.51. The van der Waals surface area contributed by atoms with E-state index in [9.17, 15) is 0 Å². The molecule has 0 saturated carbocycles. The molecule has 0 bridgehead atoms. The molecular formula is C7H12N2. The fraction of sp³-hybridized carbons (Fsp3) is 0.857. The summed E-state index contributed by atoms with van der Waals surface area (Å²) in [5.41, 5.74) is 0. The van der Waals surface area contributed by atoms with Gasteiger partial charge < -0.3 is 0 Å². The minimum Gasteiger partial charge on any atom is -0.296 e. The number of hydrogen-bond acceptors (Lipinski definition) is 2. The summed E-state index contributed by atoms with van der Waals surface area (Å²) in [5, 5.41) is 3.38. The largest absolute Gasteiger partial charge is 0.296 e. The van der Waals surface area contributed by atoms with E-state index < -0.39 is 0 Å². The first-order chi connectivity index (χ1) is 4.47. The lowest BCUT2D eigenvalue weighted by molar-refractivity contribution is 0.314. The molecule has 50 valence electrons. The quantitative estimate of drug-likeness (QED) is 0.507. The number of hydrogen-bond donors (Lipinski definition) is 1. The highest BCUT2D eigenvalue weighted by atomic mass is 15.1. The van der Waals surface area contributed by atoms with E-state index in [2.05, 4.69) is 16.5 Å². The summed E-state index contributed by atoms with van der Waals surface area (Å²) in [6, 6.07) is 0. The van der Waals surface area contributed by atoms with Crippen LogP contribution in [0.3, 0.4) is 0 Å². The van der Waals surface area contributed by atoms with E-state index in [4.69, 9.17) is 0 Å². The molecule has 2 rings (SSSR count). The second kappa shape index (κ2) is 2.10. The first kappa shape index (κ1) is 5.42. The zero-order valence-electron chi connectivity index (χ0n) is 5.51. The van der Waals surface area contributed by atoms with E-state index in [0.717, 1.165) is 5.92 Å². The van der Waals surface area contributed by atoms with Gasteiger partial charge in [-0.15, -0.1) is 0 Å². The Morgan fingerprint density at radius 1 is 1.56 bits per heavy atom. The normalized spacial score (nSPS) is 40.9. The van der Waals surface area contributed by atoms with Crippen molar-refractivity contribution >= 4 is 6.21 Å². The molecule has 0 aromatic carbocycles. The topological polar surface area (TPSA) is 24.4 Å². The Morgan fingerprint density at radius 3 is 3.44 bits per heavy atom. The number of rotatable bonds is 0. The summed E-state index contributed by atoms with van der Waals surface area (Å²) in [6.07, 6.45) is 6.46. The number of fused-ring (bicyclic) bond motifs is 1. The molecule has 2 heterocycles. The Morgan fingerprint density at radius 2 is 2.56 bits per heavy atom. The third-order valence-electron chi connectivity index (χ3n) is 2.23. The lowest BCUT2D eigenvalue weighted by atomic mass is 9.96. The van der Waals surface area contributed by atoms with Crippen molar-refractivity contribution in [1.29, 1.82) is 0 Å². The van der Waals surface area contributed by atoms with Crippen LogP contribution >= 0.6 is 0 Å². The van der Waals surface area contributed by atoms with E-state index in [-0.39, 0.29) is 0 Å². The van der Waals surface area contributed by atoms with Gasteiger partial charge in [-0.25, -0.2) is 0 Å². The van der Waals surface area contributed by atoms with Crippen molar-refractivity contribution in [1.82, 2.24) is 5.32 Å². The highest BCUT2D eigenvalue weighted by Crippen LogP contribution is 2.23. The van der Waals surface area contributed by atoms with Crippen LogP contribution in [0.15, 0.2) is 4.99 Å². The Labute approximate surface area is 55.4 Å². The lowest BCUT2D eigenvalue weighted by Gasteiger charge is -2.24. The molecule has 0 unspecified atom stereocenters. The lowest BCUT2D eigenvalue weighted by Crippen LogP contribution is -2.37. The molecule has 9 heavy (non-hydrogen) atoms. The first-order valence-corrected chi connectivity index (χ1v) is 3.72. The van der Waals surface area contributed by atoms with Gasteiger partial charge in [-0.1, -0.05) is 0 Å². The molecular weight excluding hydrogens is 112 g/mol. The second-order valence-electron chi connectivity index (χ2n) is 2.87. The highest BCUT2D eigenvalue weighted by molar-refractivity contribution is 5.60. The molecule has 0 spiro atoms. The van der Waals surface area contributed by atoms with Crippen LogP contribution in [-0.2, 0) is 0 Å². The van der Waals surface area contributed by atoms with Gasteiger partial charge in [-0.05, 0) is 31.7 Å². The van der Waals surface area contributed by atoms with Crippen LogP contribution in [0.4, 0.5) is 0 Å². The number of piperidine rings is 1. The van der Waals surface area contributed by atoms with Gasteiger partial charge in [0.25, 0.3) is 0 Å². The minimum atomic E-state index is 0.485. The van der Waals surface area contributed by atoms with Crippen LogP contribution in [0.1, 0.15) is 19.3 Å². The maximum atomic E-state index is 4.32. The van der Waals surface area contributed by atoms with Crippen LogP contribution in [0.2, 0.25) is 0 Å². The monoisotopic (exact) mass is 124 g/mol. The molecule has 0 radical (unpaired) electrons. The van der Waals surface area contributed by atoms with Crippen LogP contribution in [-0.4, -0.2) is 18.9 Å². The zero-order chi connectivity index (χ0) is 6.10. The average Bonchev–Trinajstić information content (AvgIpc) is 2.33. The molecule has 1 saturated heterocycles. The van der Waals surface area contributed by atoms with Crippen LogP contribution in [0, 0.1) is 5.92 Å². The van der Waals surface area contributed by atoms with Gasteiger partial charge in [0.05, 0.1) is 0 Å². The van der Waals surface area contributed by atoms with Gasteiger partial charge >= 0.3 is 0 Å². The molecule has 1 N–H and O–H groups in total. The third kappa shape index (κ3) is 0.874. The molecule has 0 aromatic rings. The smallest absolute Gasteiger partial charge is 0.102 e. The first-order valence-electron chi connectivity index (χ1n) is 3.72. The Bertz CT molecular complexity index is 131. The highest BCUT2D eigenvalue weighted by Gasteiger charge is 2.25. The van der Waals surface area contributed by atoms with E-state index in [1.165, 1.54) is 25.8 Å². The van der Waals surface area contributed by atoms with Crippen molar-refractivity contribution in [3.8, 4) is 0 Å². The van der Waals surface area contributed by atoms with E-state index in [1.807, 2.05) is 0 Å². The van der Waals surface area contributed by atoms with Crippen LogP contribution in [0.5, 0.6) is 0 Å². The summed E-state index contributed by atoms with van der Waals surface area (Å²) < 4.78 is 0. The van der Waals surface area contributed by atoms with Crippen LogP contribution < -0.4 is 5.32 Å². The standard InChI is InChI=1S/C7H12N2/c1-2-6-3-5-9-7(6)8-4-1/h5-8H,1-4H2/t6-,7+/m1/s1. The second-order valence-corrected chi connectivity index (χ2v) is 2.87. The Hall–Kier alpha value is -0.370. The third-order valence-corrected chi connectivity index (χ3v) is 2.23. The maximum Gasteiger partial charge on any atom is 0.102 e. The summed E-state index contributed by atoms with van der Waals surface area (Å²) >= 11 is 0. The van der Waals surface area contributed by atoms with Crippen molar-refractivity contribution < 1.29 is 0 Å². The molecule has 2 nitrogen and oxygen atoms in total. The summed E-state index contributed by atoms with van der Waals surface area (Å²) in [4.78, 5) is 4.32. The summed E-state index contributed by atoms with van der Waals surface area (Å²) in [7, 11) is 0. The molecule has 2 aliphatic heterocycles. The Balaban J connectivity index is 2.03. The average molecular weight is 124 g/mol. The molecule has 2 heteroatoms. The van der Waals surface area contributed by atoms with E-state index >= 15 is 0 Å². The van der Waals surface area contributed by atoms with Crippen LogP contribution in [0.25, 0.3) is 0 Å². The molecule has 0 aromatic heterocycles. The SMILES string of the molecule is C1=N[C@@H]2NCCC[C@@H]2C1. The molecule has 0 amide bonds. The molecule has 2 aliphatic rings. The number of aliphatic imine (C=N–C) groups is 1. The van der Waals surface area contributed by atoms with Gasteiger partial charge in [0, 0.05) is 6.21 Å². The van der Waals surface area contributed by atoms with Crippen molar-refractivity contribution in [3.63, 3.8) is 0 Å². The predicted octanol–water partition coefficient (Wildman–Crippen LogP) is 0.787. The van der Waals surface area contributed by atoms with Gasteiger partial charge in [0.1, 0.15) is 6.17 Å². The van der Waals surface area contributed by atoms with Gasteiger partial charge in [-0.2, -0.15) is 0 Å². The summed E-state index contributed by atoms with van der Waals surface area (Å²) in [5.74, 6) is 0.832. The van der Waals surface area contributed by atoms with Gasteiger partial charge in [0.2, 0.25) is 0 Å². The minimum absolute atomic E-state index is 0.485. The van der Waals surface area contributed by atoms with Crippen molar-refractivity contribution in [3.05, 3.63) is 0 Å². The van der Waals surface area contributed by atoms with Crippen molar-refractivity contribution in [2.45, 2.75) is 25.4 Å². The fourth-order valence-corrected chi connectivity index (χ4v) is 1.67. The van der Waals surface area contributed by atoms with Gasteiger partial charge in [-0.3, -0.25) is 10.3 Å². The maximum absolute atomic E-state index is 4.32. The number of nitrogens with zero attached hydrogens (tertiary/aromatic N) is 1. The van der Waals surface area contributed by atoms with Gasteiger partial charge in [0.15, 0.2) is 0 Å². The predicted molar refractivity (Wildman–Crippen MR) is 37.6 cm³/mol. The Kier molecular flexibility index (Phi) is 1.27. The molecule has 0 aliphatic carbocycles. The fourth-order valence-electron chi connectivity index (χ4n) is 1.67. The molecule has 2 atom stereocenters.